The van der Waals surface area contributed by atoms with Crippen molar-refractivity contribution < 1.29 is 9.53 Å². The highest BCUT2D eigenvalue weighted by Gasteiger charge is 2.20. The van der Waals surface area contributed by atoms with E-state index in [-0.39, 0.29) is 5.91 Å². The van der Waals surface area contributed by atoms with E-state index in [1.54, 1.807) is 41.5 Å². The molecule has 3 rings (SSSR count). The number of aromatic nitrogens is 3. The Hall–Kier alpha value is -3.15. The molecule has 1 atom stereocenters. The van der Waals surface area contributed by atoms with E-state index in [4.69, 9.17) is 4.74 Å². The highest BCUT2D eigenvalue weighted by Crippen LogP contribution is 2.19. The predicted octanol–water partition coefficient (Wildman–Crippen LogP) is 3.37. The number of amides is 1. The van der Waals surface area contributed by atoms with Crippen LogP contribution in [-0.4, -0.2) is 26.8 Å². The zero-order valence-corrected chi connectivity index (χ0v) is 14.2. The summed E-state index contributed by atoms with van der Waals surface area (Å²) in [7, 11) is 0. The van der Waals surface area contributed by atoms with Gasteiger partial charge in [-0.1, -0.05) is 19.1 Å². The normalized spacial score (nSPS) is 11.8. The first-order chi connectivity index (χ1) is 12.2. The highest BCUT2D eigenvalue weighted by atomic mass is 16.5. The Morgan fingerprint density at radius 3 is 2.84 bits per heavy atom. The predicted molar refractivity (Wildman–Crippen MR) is 95.9 cm³/mol. The third-order valence-electron chi connectivity index (χ3n) is 3.70. The van der Waals surface area contributed by atoms with Crippen LogP contribution in [0.5, 0.6) is 5.75 Å². The molecule has 0 aliphatic carbocycles. The van der Waals surface area contributed by atoms with Gasteiger partial charge in [0.15, 0.2) is 11.9 Å². The van der Waals surface area contributed by atoms with Gasteiger partial charge in [0.2, 0.25) is 0 Å². The summed E-state index contributed by atoms with van der Waals surface area (Å²) in [5.74, 6) is 1.03. The quantitative estimate of drug-likeness (QED) is 0.749. The molecule has 1 N–H and O–H groups in total. The minimum Gasteiger partial charge on any atom is -0.481 e. The van der Waals surface area contributed by atoms with Crippen molar-refractivity contribution in [3.05, 3.63) is 66.6 Å². The molecule has 25 heavy (non-hydrogen) atoms. The van der Waals surface area contributed by atoms with E-state index >= 15 is 0 Å². The van der Waals surface area contributed by atoms with E-state index in [2.05, 4.69) is 15.4 Å². The molecule has 6 heteroatoms. The number of hydrogen-bond donors (Lipinski definition) is 1. The van der Waals surface area contributed by atoms with Gasteiger partial charge in [0.1, 0.15) is 5.75 Å². The van der Waals surface area contributed by atoms with Crippen molar-refractivity contribution in [3.8, 4) is 11.6 Å². The number of rotatable bonds is 6. The van der Waals surface area contributed by atoms with Crippen molar-refractivity contribution in [3.63, 3.8) is 0 Å². The fourth-order valence-corrected chi connectivity index (χ4v) is 2.46. The second-order valence-electron chi connectivity index (χ2n) is 5.65. The van der Waals surface area contributed by atoms with Gasteiger partial charge in [-0.15, -0.1) is 0 Å². The molecule has 3 aromatic rings. The first-order valence-corrected chi connectivity index (χ1v) is 8.16. The Labute approximate surface area is 146 Å². The molecule has 0 aliphatic heterocycles. The zero-order valence-electron chi connectivity index (χ0n) is 14.2. The molecule has 0 radical (unpaired) electrons. The summed E-state index contributed by atoms with van der Waals surface area (Å²) in [5.41, 5.74) is 1.67. The third kappa shape index (κ3) is 4.03. The van der Waals surface area contributed by atoms with Gasteiger partial charge < -0.3 is 10.1 Å². The number of nitrogens with one attached hydrogen (secondary N) is 1. The maximum Gasteiger partial charge on any atom is 0.265 e. The van der Waals surface area contributed by atoms with Crippen LogP contribution in [0.25, 0.3) is 5.82 Å². The van der Waals surface area contributed by atoms with Crippen LogP contribution >= 0.6 is 0 Å². The molecule has 0 unspecified atom stereocenters. The summed E-state index contributed by atoms with van der Waals surface area (Å²) >= 11 is 0. The molecule has 0 aliphatic rings. The average molecular weight is 336 g/mol. The number of hydrogen-bond acceptors (Lipinski definition) is 4. The van der Waals surface area contributed by atoms with Crippen LogP contribution < -0.4 is 10.1 Å². The Morgan fingerprint density at radius 2 is 2.12 bits per heavy atom. The van der Waals surface area contributed by atoms with E-state index in [1.807, 2.05) is 38.1 Å². The van der Waals surface area contributed by atoms with Crippen molar-refractivity contribution >= 4 is 11.6 Å². The van der Waals surface area contributed by atoms with Gasteiger partial charge in [-0.2, -0.15) is 5.10 Å². The van der Waals surface area contributed by atoms with Crippen molar-refractivity contribution in [2.45, 2.75) is 26.4 Å². The molecule has 0 saturated carbocycles. The molecule has 0 saturated heterocycles. The average Bonchev–Trinajstić information content (AvgIpc) is 3.14. The van der Waals surface area contributed by atoms with Crippen molar-refractivity contribution in [1.82, 2.24) is 14.8 Å². The van der Waals surface area contributed by atoms with Gasteiger partial charge in [0.25, 0.3) is 5.91 Å². The minimum atomic E-state index is -0.590. The number of ether oxygens (including phenoxy) is 1. The van der Waals surface area contributed by atoms with E-state index < -0.39 is 6.10 Å². The number of aryl methyl sites for hydroxylation is 1. The zero-order chi connectivity index (χ0) is 17.6. The van der Waals surface area contributed by atoms with Gasteiger partial charge >= 0.3 is 0 Å². The molecule has 1 aromatic carbocycles. The van der Waals surface area contributed by atoms with Gasteiger partial charge in [-0.25, -0.2) is 9.67 Å². The molecule has 0 fully saturated rings. The lowest BCUT2D eigenvalue weighted by Gasteiger charge is -2.18. The lowest BCUT2D eigenvalue weighted by molar-refractivity contribution is -0.122. The summed E-state index contributed by atoms with van der Waals surface area (Å²) in [6, 6.07) is 13.0. The second-order valence-corrected chi connectivity index (χ2v) is 5.65. The summed E-state index contributed by atoms with van der Waals surface area (Å²) in [6.07, 6.45) is 5.06. The Morgan fingerprint density at radius 1 is 1.24 bits per heavy atom. The molecule has 6 nitrogen and oxygen atoms in total. The van der Waals surface area contributed by atoms with E-state index in [0.717, 1.165) is 5.56 Å². The highest BCUT2D eigenvalue weighted by molar-refractivity contribution is 5.95. The first kappa shape index (κ1) is 16.7. The van der Waals surface area contributed by atoms with Crippen molar-refractivity contribution in [2.75, 3.05) is 5.32 Å². The number of nitrogens with zero attached hydrogens (tertiary/aromatic N) is 3. The van der Waals surface area contributed by atoms with E-state index in [0.29, 0.717) is 23.7 Å². The minimum absolute atomic E-state index is 0.217. The van der Waals surface area contributed by atoms with Crippen LogP contribution in [0, 0.1) is 6.92 Å². The molecular formula is C19H20N4O2. The second kappa shape index (κ2) is 7.61. The number of carbonyl (C=O) groups excluding carboxylic acids is 1. The van der Waals surface area contributed by atoms with E-state index in [9.17, 15) is 4.79 Å². The maximum atomic E-state index is 12.7. The standard InChI is InChI=1S/C19H20N4O2/c1-3-17(25-15-8-4-7-14(2)13-15)19(24)22-16-9-5-10-20-18(16)23-12-6-11-21-23/h4-13,17H,3H2,1-2H3,(H,22,24)/t17-/m0/s1. The Bertz CT molecular complexity index is 846. The van der Waals surface area contributed by atoms with Crippen LogP contribution in [0.4, 0.5) is 5.69 Å². The number of pyridine rings is 1. The molecule has 1 amide bonds. The number of benzene rings is 1. The molecule has 128 valence electrons. The molecule has 0 bridgehead atoms. The van der Waals surface area contributed by atoms with Crippen LogP contribution in [0.15, 0.2) is 61.1 Å². The van der Waals surface area contributed by atoms with Gasteiger partial charge in [0.05, 0.1) is 5.69 Å². The summed E-state index contributed by atoms with van der Waals surface area (Å²) in [6.45, 7) is 3.90. The van der Waals surface area contributed by atoms with Crippen LogP contribution in [0.3, 0.4) is 0 Å². The topological polar surface area (TPSA) is 69.0 Å². The summed E-state index contributed by atoms with van der Waals surface area (Å²) in [4.78, 5) is 17.0. The smallest absolute Gasteiger partial charge is 0.265 e. The molecule has 2 heterocycles. The van der Waals surface area contributed by atoms with Gasteiger partial charge in [0, 0.05) is 18.6 Å². The first-order valence-electron chi connectivity index (χ1n) is 8.16. The molecular weight excluding hydrogens is 316 g/mol. The maximum absolute atomic E-state index is 12.7. The Kier molecular flexibility index (Phi) is 5.09. The van der Waals surface area contributed by atoms with Crippen molar-refractivity contribution in [1.29, 1.82) is 0 Å². The summed E-state index contributed by atoms with van der Waals surface area (Å²) < 4.78 is 7.46. The van der Waals surface area contributed by atoms with E-state index in [1.165, 1.54) is 0 Å². The largest absolute Gasteiger partial charge is 0.481 e. The fourth-order valence-electron chi connectivity index (χ4n) is 2.46. The lowest BCUT2D eigenvalue weighted by Crippen LogP contribution is -2.32. The van der Waals surface area contributed by atoms with Crippen molar-refractivity contribution in [2.24, 2.45) is 0 Å². The van der Waals surface area contributed by atoms with Crippen LogP contribution in [0.2, 0.25) is 0 Å². The SMILES string of the molecule is CC[C@H](Oc1cccc(C)c1)C(=O)Nc1cccnc1-n1cccn1. The van der Waals surface area contributed by atoms with Gasteiger partial charge in [-0.05, 0) is 49.2 Å². The van der Waals surface area contributed by atoms with Crippen LogP contribution in [-0.2, 0) is 4.79 Å². The fraction of sp³-hybridized carbons (Fsp3) is 0.211. The summed E-state index contributed by atoms with van der Waals surface area (Å²) in [5, 5.41) is 7.07. The lowest BCUT2D eigenvalue weighted by atomic mass is 10.2. The number of anilines is 1. The van der Waals surface area contributed by atoms with Gasteiger partial charge in [-0.3, -0.25) is 4.79 Å². The molecule has 0 spiro atoms. The third-order valence-corrected chi connectivity index (χ3v) is 3.70. The Balaban J connectivity index is 1.77. The molecule has 2 aromatic heterocycles. The number of carbonyl (C=O) groups is 1. The van der Waals surface area contributed by atoms with Crippen LogP contribution in [0.1, 0.15) is 18.9 Å². The monoisotopic (exact) mass is 336 g/mol.